The maximum Gasteiger partial charge on any atom is 0.338 e. The molecule has 0 aliphatic carbocycles. The maximum atomic E-state index is 14.3. The molecular formula is C46H52N3O10P. The molecule has 1 fully saturated rings. The van der Waals surface area contributed by atoms with Crippen molar-refractivity contribution in [3.8, 4) is 11.5 Å². The van der Waals surface area contributed by atoms with Crippen molar-refractivity contribution in [2.45, 2.75) is 69.9 Å². The highest BCUT2D eigenvalue weighted by Gasteiger charge is 2.52. The highest BCUT2D eigenvalue weighted by Crippen LogP contribution is 2.51. The summed E-state index contributed by atoms with van der Waals surface area (Å²) in [5, 5.41) is 0. The molecular weight excluding hydrogens is 785 g/mol. The summed E-state index contributed by atoms with van der Waals surface area (Å²) < 4.78 is 48.6. The van der Waals surface area contributed by atoms with Gasteiger partial charge >= 0.3 is 11.7 Å². The Bertz CT molecular complexity index is 2210. The van der Waals surface area contributed by atoms with Gasteiger partial charge in [0.05, 0.1) is 33.0 Å². The standard InChI is InChI=1S/C46H52N3O10P/c1-8-29-56-60(49(31(2)3)32(4)5)59-42-41(57-44(51)33-15-11-9-12-16-33)39(30-55-43(42)48-28-27-40(50)47-45(48)52)58-46(34-17-13-10-14-18-34,35-19-23-37(53-6)24-20-35)36-21-25-38(54-7)26-22-36/h8-28,31-32,39,41-43H,1,29-30H2,2-7H3,(H,47,50,52)/t39-,41-,42-,43-,60?/m1/s1. The second-order valence-electron chi connectivity index (χ2n) is 14.6. The second-order valence-corrected chi connectivity index (χ2v) is 16.0. The smallest absolute Gasteiger partial charge is 0.338 e. The molecule has 0 radical (unpaired) electrons. The van der Waals surface area contributed by atoms with E-state index in [1.54, 1.807) is 50.6 Å². The molecule has 5 atom stereocenters. The van der Waals surface area contributed by atoms with Gasteiger partial charge in [-0.25, -0.2) is 14.3 Å². The topological polar surface area (TPSA) is 140 Å². The summed E-state index contributed by atoms with van der Waals surface area (Å²) in [6, 6.07) is 34.5. The first-order valence-electron chi connectivity index (χ1n) is 19.7. The average Bonchev–Trinajstić information content (AvgIpc) is 3.26. The van der Waals surface area contributed by atoms with E-state index >= 15 is 0 Å². The normalized spacial score (nSPS) is 18.6. The molecule has 4 aromatic carbocycles. The van der Waals surface area contributed by atoms with Crippen LogP contribution in [0.4, 0.5) is 0 Å². The molecule has 6 rings (SSSR count). The zero-order chi connectivity index (χ0) is 42.8. The number of nitrogens with one attached hydrogen (secondary N) is 1. The summed E-state index contributed by atoms with van der Waals surface area (Å²) >= 11 is 0. The predicted octanol–water partition coefficient (Wildman–Crippen LogP) is 7.62. The fraction of sp³-hybridized carbons (Fsp3) is 0.326. The number of aromatic nitrogens is 2. The minimum absolute atomic E-state index is 0.0621. The molecule has 0 amide bonds. The summed E-state index contributed by atoms with van der Waals surface area (Å²) in [4.78, 5) is 42.5. The van der Waals surface area contributed by atoms with Gasteiger partial charge in [-0.1, -0.05) is 78.9 Å². The van der Waals surface area contributed by atoms with Gasteiger partial charge in [-0.15, -0.1) is 6.58 Å². The number of hydrogen-bond acceptors (Lipinski definition) is 11. The first kappa shape index (κ1) is 44.2. The monoisotopic (exact) mass is 837 g/mol. The molecule has 2 heterocycles. The van der Waals surface area contributed by atoms with Crippen LogP contribution in [0.1, 0.15) is 61.0 Å². The van der Waals surface area contributed by atoms with Gasteiger partial charge in [0.25, 0.3) is 14.1 Å². The lowest BCUT2D eigenvalue weighted by Gasteiger charge is -2.47. The van der Waals surface area contributed by atoms with Crippen LogP contribution in [0, 0.1) is 0 Å². The zero-order valence-electron chi connectivity index (χ0n) is 34.6. The van der Waals surface area contributed by atoms with Crippen LogP contribution in [0.2, 0.25) is 0 Å². The summed E-state index contributed by atoms with van der Waals surface area (Å²) in [6.07, 6.45) is -1.85. The van der Waals surface area contributed by atoms with Gasteiger partial charge in [0.15, 0.2) is 18.4 Å². The van der Waals surface area contributed by atoms with Crippen LogP contribution < -0.4 is 20.7 Å². The Morgan fingerprint density at radius 1 is 0.833 bits per heavy atom. The predicted molar refractivity (Wildman–Crippen MR) is 229 cm³/mol. The minimum atomic E-state index is -1.95. The van der Waals surface area contributed by atoms with E-state index in [2.05, 4.69) is 16.2 Å². The molecule has 1 N–H and O–H groups in total. The number of methoxy groups -OCH3 is 2. The van der Waals surface area contributed by atoms with Crippen LogP contribution in [-0.4, -0.2) is 78.0 Å². The Labute approximate surface area is 351 Å². The first-order valence-corrected chi connectivity index (χ1v) is 20.8. The molecule has 60 heavy (non-hydrogen) atoms. The average molecular weight is 838 g/mol. The van der Waals surface area contributed by atoms with Crippen molar-refractivity contribution < 1.29 is 37.5 Å². The van der Waals surface area contributed by atoms with Gasteiger partial charge in [-0.2, -0.15) is 0 Å². The van der Waals surface area contributed by atoms with Gasteiger partial charge in [-0.3, -0.25) is 14.3 Å². The lowest BCUT2D eigenvalue weighted by atomic mass is 9.79. The van der Waals surface area contributed by atoms with E-state index in [9.17, 15) is 14.4 Å². The van der Waals surface area contributed by atoms with E-state index in [0.29, 0.717) is 11.5 Å². The third-order valence-electron chi connectivity index (χ3n) is 10.0. The summed E-state index contributed by atoms with van der Waals surface area (Å²) in [6.45, 7) is 11.9. The van der Waals surface area contributed by atoms with E-state index in [0.717, 1.165) is 16.7 Å². The van der Waals surface area contributed by atoms with E-state index in [4.69, 9.17) is 32.7 Å². The van der Waals surface area contributed by atoms with E-state index in [-0.39, 0.29) is 30.9 Å². The number of carbonyl (C=O) groups is 1. The quantitative estimate of drug-likeness (QED) is 0.0404. The van der Waals surface area contributed by atoms with Gasteiger partial charge in [0.1, 0.15) is 23.2 Å². The lowest BCUT2D eigenvalue weighted by molar-refractivity contribution is -0.235. The largest absolute Gasteiger partial charge is 0.497 e. The summed E-state index contributed by atoms with van der Waals surface area (Å²) in [5.41, 5.74) is -0.208. The number of ether oxygens (including phenoxy) is 5. The number of esters is 1. The third kappa shape index (κ3) is 9.79. The first-order chi connectivity index (χ1) is 29.0. The highest BCUT2D eigenvalue weighted by molar-refractivity contribution is 7.44. The number of rotatable bonds is 18. The highest BCUT2D eigenvalue weighted by atomic mass is 31.2. The Balaban J connectivity index is 1.59. The third-order valence-corrected chi connectivity index (χ3v) is 12.1. The zero-order valence-corrected chi connectivity index (χ0v) is 35.5. The molecule has 0 spiro atoms. The van der Waals surface area contributed by atoms with Crippen LogP contribution in [-0.2, 0) is 28.9 Å². The van der Waals surface area contributed by atoms with E-state index < -0.39 is 55.9 Å². The molecule has 0 bridgehead atoms. The number of H-pyrrole nitrogens is 1. The molecule has 13 nitrogen and oxygen atoms in total. The Hall–Kier alpha value is -5.40. The molecule has 1 aliphatic rings. The SMILES string of the molecule is C=CCOP(O[C@@H]1[C@H](OC(=O)c2ccccc2)[C@H](OC(c2ccccc2)(c2ccc(OC)cc2)c2ccc(OC)cc2)CO[C@H]1n1ccc(=O)[nH]c1=O)N(C(C)C)C(C)C. The van der Waals surface area contributed by atoms with Crippen LogP contribution in [0.5, 0.6) is 11.5 Å². The summed E-state index contributed by atoms with van der Waals surface area (Å²) in [5.74, 6) is 0.625. The number of carbonyl (C=O) groups excluding carboxylic acids is 1. The molecule has 316 valence electrons. The lowest BCUT2D eigenvalue weighted by Crippen LogP contribution is -2.58. The van der Waals surface area contributed by atoms with Crippen LogP contribution in [0.3, 0.4) is 0 Å². The van der Waals surface area contributed by atoms with Crippen LogP contribution >= 0.6 is 8.53 Å². The van der Waals surface area contributed by atoms with Crippen molar-refractivity contribution in [3.63, 3.8) is 0 Å². The van der Waals surface area contributed by atoms with Gasteiger partial charge in [0.2, 0.25) is 0 Å². The number of nitrogens with zero attached hydrogens (tertiary/aromatic N) is 2. The van der Waals surface area contributed by atoms with Crippen molar-refractivity contribution in [1.29, 1.82) is 0 Å². The molecule has 1 unspecified atom stereocenters. The van der Waals surface area contributed by atoms with Crippen molar-refractivity contribution in [3.05, 3.63) is 177 Å². The number of hydrogen-bond donors (Lipinski definition) is 1. The van der Waals surface area contributed by atoms with Crippen molar-refractivity contribution >= 4 is 14.5 Å². The van der Waals surface area contributed by atoms with E-state index in [1.807, 2.05) is 107 Å². The summed E-state index contributed by atoms with van der Waals surface area (Å²) in [7, 11) is 1.25. The van der Waals surface area contributed by atoms with Crippen molar-refractivity contribution in [2.24, 2.45) is 0 Å². The molecule has 14 heteroatoms. The minimum Gasteiger partial charge on any atom is -0.497 e. The molecule has 0 saturated carbocycles. The van der Waals surface area contributed by atoms with E-state index in [1.165, 1.54) is 16.8 Å². The van der Waals surface area contributed by atoms with Gasteiger partial charge in [-0.05, 0) is 80.8 Å². The molecule has 1 aliphatic heterocycles. The Morgan fingerprint density at radius 2 is 1.38 bits per heavy atom. The number of aromatic amines is 1. The fourth-order valence-electron chi connectivity index (χ4n) is 7.35. The molecule has 5 aromatic rings. The molecule has 1 saturated heterocycles. The van der Waals surface area contributed by atoms with Gasteiger partial charge < -0.3 is 32.7 Å². The fourth-order valence-corrected chi connectivity index (χ4v) is 9.07. The maximum absolute atomic E-state index is 14.3. The number of benzene rings is 4. The Kier molecular flexibility index (Phi) is 14.9. The van der Waals surface area contributed by atoms with Crippen LogP contribution in [0.25, 0.3) is 0 Å². The van der Waals surface area contributed by atoms with Crippen molar-refractivity contribution in [1.82, 2.24) is 14.2 Å². The Morgan fingerprint density at radius 3 is 1.90 bits per heavy atom. The van der Waals surface area contributed by atoms with Crippen LogP contribution in [0.15, 0.2) is 144 Å². The van der Waals surface area contributed by atoms with Gasteiger partial charge in [0, 0.05) is 24.3 Å². The molecule has 1 aromatic heterocycles. The second kappa shape index (κ2) is 20.2. The van der Waals surface area contributed by atoms with Crippen molar-refractivity contribution in [2.75, 3.05) is 27.4 Å².